The van der Waals surface area contributed by atoms with Crippen LogP contribution in [0.2, 0.25) is 0 Å². The van der Waals surface area contributed by atoms with Gasteiger partial charge in [0, 0.05) is 29.8 Å². The van der Waals surface area contributed by atoms with Crippen molar-refractivity contribution < 1.29 is 10.0 Å². The molecule has 1 aromatic heterocycles. The molecular weight excluding hydrogens is 215 g/mol. The normalized spacial score (nSPS) is 61.4. The topological polar surface area (TPSA) is 58.3 Å². The first-order valence-corrected chi connectivity index (χ1v) is 6.63. The minimum Gasteiger partial charge on any atom is -0.423 e. The number of hydrogen-bond donors (Lipinski definition) is 2. The summed E-state index contributed by atoms with van der Waals surface area (Å²) in [4.78, 5) is 0. The van der Waals surface area contributed by atoms with Gasteiger partial charge in [0.2, 0.25) is 0 Å². The Morgan fingerprint density at radius 2 is 1.82 bits per heavy atom. The van der Waals surface area contributed by atoms with Crippen molar-refractivity contribution in [2.45, 2.75) is 6.54 Å². The van der Waals surface area contributed by atoms with Crippen molar-refractivity contribution in [2.75, 3.05) is 0 Å². The molecule has 0 amide bonds. The van der Waals surface area contributed by atoms with Crippen molar-refractivity contribution in [3.05, 3.63) is 12.4 Å². The minimum atomic E-state index is -1.38. The Morgan fingerprint density at radius 1 is 1.18 bits per heavy atom. The molecule has 86 valence electrons. The molecule has 4 nitrogen and oxygen atoms in total. The summed E-state index contributed by atoms with van der Waals surface area (Å²) in [6.07, 6.45) is 3.37. The van der Waals surface area contributed by atoms with Crippen molar-refractivity contribution >= 4 is 12.6 Å². The Kier molecular flexibility index (Phi) is 0.976. The van der Waals surface area contributed by atoms with Gasteiger partial charge in [0.25, 0.3) is 0 Å². The van der Waals surface area contributed by atoms with Gasteiger partial charge in [0.05, 0.1) is 0 Å². The van der Waals surface area contributed by atoms with E-state index in [1.165, 1.54) is 0 Å². The lowest BCUT2D eigenvalue weighted by atomic mass is 8.96. The van der Waals surface area contributed by atoms with Crippen LogP contribution in [0.3, 0.4) is 0 Å². The van der Waals surface area contributed by atoms with Gasteiger partial charge in [-0.05, 0) is 41.4 Å². The van der Waals surface area contributed by atoms with Crippen LogP contribution < -0.4 is 5.46 Å². The molecule has 6 fully saturated rings. The molecule has 7 rings (SSSR count). The summed E-state index contributed by atoms with van der Waals surface area (Å²) in [7, 11) is -1.38. The Labute approximate surface area is 98.8 Å². The Morgan fingerprint density at radius 3 is 2.35 bits per heavy atom. The van der Waals surface area contributed by atoms with E-state index in [-0.39, 0.29) is 0 Å². The van der Waals surface area contributed by atoms with Crippen LogP contribution in [-0.4, -0.2) is 26.9 Å². The fourth-order valence-electron chi connectivity index (χ4n) is 6.87. The quantitative estimate of drug-likeness (QED) is 0.648. The van der Waals surface area contributed by atoms with Gasteiger partial charge in [-0.15, -0.1) is 0 Å². The fraction of sp³-hybridized carbons (Fsp3) is 0.750. The third-order valence-corrected chi connectivity index (χ3v) is 7.07. The summed E-state index contributed by atoms with van der Waals surface area (Å²) in [5.41, 5.74) is 1.13. The lowest BCUT2D eigenvalue weighted by Gasteiger charge is -3.07. The molecule has 0 saturated heterocycles. The molecule has 0 atom stereocenters. The van der Waals surface area contributed by atoms with Gasteiger partial charge in [-0.2, -0.15) is 5.10 Å². The van der Waals surface area contributed by atoms with E-state index in [9.17, 15) is 0 Å². The Bertz CT molecular complexity index is 518. The van der Waals surface area contributed by atoms with Gasteiger partial charge in [0.15, 0.2) is 0 Å². The van der Waals surface area contributed by atoms with Gasteiger partial charge in [-0.3, -0.25) is 4.68 Å². The predicted octanol–water partition coefficient (Wildman–Crippen LogP) is -1.07. The summed E-state index contributed by atoms with van der Waals surface area (Å²) in [5.74, 6) is 7.55. The van der Waals surface area contributed by atoms with Crippen molar-refractivity contribution in [2.24, 2.45) is 46.8 Å². The second-order valence-corrected chi connectivity index (χ2v) is 6.84. The monoisotopic (exact) mass is 228 g/mol. The molecule has 5 heteroatoms. The number of nitrogens with zero attached hydrogens (tertiary/aromatic N) is 2. The number of hydrogen-bond acceptors (Lipinski definition) is 3. The van der Waals surface area contributed by atoms with Crippen LogP contribution in [0.15, 0.2) is 12.4 Å². The van der Waals surface area contributed by atoms with Gasteiger partial charge < -0.3 is 10.0 Å². The molecule has 0 unspecified atom stereocenters. The van der Waals surface area contributed by atoms with Crippen LogP contribution in [0.25, 0.3) is 0 Å². The number of aromatic nitrogens is 2. The molecule has 0 bridgehead atoms. The van der Waals surface area contributed by atoms with Crippen molar-refractivity contribution in [3.63, 3.8) is 0 Å². The first-order valence-electron chi connectivity index (χ1n) is 6.63. The van der Waals surface area contributed by atoms with E-state index >= 15 is 0 Å². The van der Waals surface area contributed by atoms with E-state index in [1.807, 2.05) is 4.68 Å². The molecule has 1 aromatic rings. The molecule has 2 N–H and O–H groups in total. The fourth-order valence-corrected chi connectivity index (χ4v) is 6.87. The summed E-state index contributed by atoms with van der Waals surface area (Å²) >= 11 is 0. The smallest absolute Gasteiger partial charge is 0.423 e. The van der Waals surface area contributed by atoms with E-state index in [1.54, 1.807) is 12.4 Å². The lowest BCUT2D eigenvalue weighted by molar-refractivity contribution is -0.617. The molecule has 0 spiro atoms. The average Bonchev–Trinajstić information content (AvgIpc) is 2.78. The van der Waals surface area contributed by atoms with Crippen LogP contribution in [0.4, 0.5) is 0 Å². The van der Waals surface area contributed by atoms with Crippen LogP contribution in [0, 0.1) is 46.8 Å². The van der Waals surface area contributed by atoms with E-state index in [2.05, 4.69) is 5.10 Å². The van der Waals surface area contributed by atoms with Crippen LogP contribution in [-0.2, 0) is 6.54 Å². The zero-order valence-electron chi connectivity index (χ0n) is 9.27. The van der Waals surface area contributed by atoms with E-state index < -0.39 is 7.12 Å². The zero-order valence-corrected chi connectivity index (χ0v) is 9.27. The summed E-state index contributed by atoms with van der Waals surface area (Å²) in [6, 6.07) is 0. The maximum Gasteiger partial charge on any atom is 0.491 e. The number of rotatable bonds is 3. The highest BCUT2D eigenvalue weighted by Crippen LogP contribution is 3.06. The zero-order chi connectivity index (χ0) is 11.1. The van der Waals surface area contributed by atoms with Gasteiger partial charge in [-0.25, -0.2) is 0 Å². The second kappa shape index (κ2) is 1.99. The van der Waals surface area contributed by atoms with Gasteiger partial charge >= 0.3 is 7.12 Å². The van der Waals surface area contributed by atoms with Crippen LogP contribution in [0.5, 0.6) is 0 Å². The third kappa shape index (κ3) is 0.522. The molecule has 17 heavy (non-hydrogen) atoms. The highest BCUT2D eigenvalue weighted by atomic mass is 16.4. The van der Waals surface area contributed by atoms with E-state index in [0.29, 0.717) is 10.9 Å². The maximum absolute atomic E-state index is 9.09. The molecule has 1 heterocycles. The van der Waals surface area contributed by atoms with Crippen LogP contribution >= 0.6 is 0 Å². The first kappa shape index (κ1) is 8.32. The summed E-state index contributed by atoms with van der Waals surface area (Å²) in [5, 5.41) is 22.4. The van der Waals surface area contributed by atoms with E-state index in [4.69, 9.17) is 10.0 Å². The maximum atomic E-state index is 9.09. The highest BCUT2D eigenvalue weighted by Gasteiger charge is 3.03. The molecule has 6 saturated carbocycles. The highest BCUT2D eigenvalue weighted by molar-refractivity contribution is 6.58. The SMILES string of the molecule is OB(O)c1cnn(CC23C4C5C6C4C2C6C53)c1. The Hall–Kier alpha value is -0.805. The van der Waals surface area contributed by atoms with Crippen molar-refractivity contribution in [3.8, 4) is 0 Å². The second-order valence-electron chi connectivity index (χ2n) is 6.84. The standard InChI is InChI=1S/C12H13BN2O2/c16-13(17)4-1-14-15(2-4)3-12-9-6-5-7(9)11(12)8(5)10(6)12/h1-2,5-11,16-17H,3H2. The van der Waals surface area contributed by atoms with Crippen LogP contribution in [0.1, 0.15) is 0 Å². The Balaban J connectivity index is 1.32. The molecule has 6 aliphatic rings. The summed E-state index contributed by atoms with van der Waals surface area (Å²) < 4.78 is 1.94. The average molecular weight is 228 g/mol. The minimum absolute atomic E-state index is 0.516. The van der Waals surface area contributed by atoms with E-state index in [0.717, 1.165) is 48.0 Å². The largest absolute Gasteiger partial charge is 0.491 e. The third-order valence-electron chi connectivity index (χ3n) is 7.07. The molecule has 0 aromatic carbocycles. The summed E-state index contributed by atoms with van der Waals surface area (Å²) in [6.45, 7) is 1.02. The molecule has 0 radical (unpaired) electrons. The van der Waals surface area contributed by atoms with Crippen molar-refractivity contribution in [1.82, 2.24) is 9.78 Å². The lowest BCUT2D eigenvalue weighted by Crippen LogP contribution is -3.05. The molecule has 6 aliphatic carbocycles. The molecular formula is C12H13BN2O2. The first-order chi connectivity index (χ1) is 8.25. The molecule has 0 aliphatic heterocycles. The van der Waals surface area contributed by atoms with Gasteiger partial charge in [0.1, 0.15) is 0 Å². The van der Waals surface area contributed by atoms with Gasteiger partial charge in [-0.1, -0.05) is 0 Å². The predicted molar refractivity (Wildman–Crippen MR) is 58.9 cm³/mol. The van der Waals surface area contributed by atoms with Crippen molar-refractivity contribution in [1.29, 1.82) is 0 Å².